The molecular weight excluding hydrogens is 397 g/mol. The summed E-state index contributed by atoms with van der Waals surface area (Å²) in [7, 11) is 3.47. The molecule has 3 rings (SSSR count). The molecule has 0 bridgehead atoms. The Labute approximate surface area is 172 Å². The van der Waals surface area contributed by atoms with Gasteiger partial charge in [0.25, 0.3) is 5.91 Å². The van der Waals surface area contributed by atoms with E-state index in [1.54, 1.807) is 20.3 Å². The number of carbonyl (C=O) groups is 1. The van der Waals surface area contributed by atoms with E-state index in [2.05, 4.69) is 10.3 Å². The minimum Gasteiger partial charge on any atom is -0.392 e. The van der Waals surface area contributed by atoms with Gasteiger partial charge in [0.1, 0.15) is 23.1 Å². The zero-order valence-electron chi connectivity index (χ0n) is 16.7. The molecule has 1 aliphatic heterocycles. The monoisotopic (exact) mass is 420 g/mol. The normalized spacial score (nSPS) is 14.4. The Balaban J connectivity index is 2.05. The number of nitrogens with two attached hydrogens (primary N) is 2. The van der Waals surface area contributed by atoms with Crippen LogP contribution in [0.25, 0.3) is 11.1 Å². The number of benzene rings is 1. The molecule has 0 saturated carbocycles. The third kappa shape index (κ3) is 4.39. The first-order chi connectivity index (χ1) is 14.2. The van der Waals surface area contributed by atoms with Gasteiger partial charge in [-0.15, -0.1) is 0 Å². The average Bonchev–Trinajstić information content (AvgIpc) is 2.66. The number of nitrogens with one attached hydrogen (secondary N) is 1. The van der Waals surface area contributed by atoms with Gasteiger partial charge in [0.05, 0.1) is 17.0 Å². The van der Waals surface area contributed by atoms with Crippen molar-refractivity contribution in [3.63, 3.8) is 0 Å². The van der Waals surface area contributed by atoms with Gasteiger partial charge in [-0.2, -0.15) is 0 Å². The number of primary amides is 1. The summed E-state index contributed by atoms with van der Waals surface area (Å²) in [6.07, 6.45) is 2.19. The number of pyridine rings is 1. The third-order valence-electron chi connectivity index (χ3n) is 4.94. The van der Waals surface area contributed by atoms with Gasteiger partial charge in [0.15, 0.2) is 0 Å². The van der Waals surface area contributed by atoms with E-state index in [1.807, 2.05) is 4.90 Å². The van der Waals surface area contributed by atoms with Crippen LogP contribution in [0.1, 0.15) is 21.7 Å². The molecule has 2 heterocycles. The first-order valence-corrected chi connectivity index (χ1v) is 9.25. The summed E-state index contributed by atoms with van der Waals surface area (Å²) >= 11 is 0. The van der Waals surface area contributed by atoms with Gasteiger partial charge in [-0.3, -0.25) is 9.69 Å². The number of nitrogens with zero attached hydrogens (tertiary/aromatic N) is 3. The highest BCUT2D eigenvalue weighted by molar-refractivity contribution is 5.92. The van der Waals surface area contributed by atoms with Gasteiger partial charge >= 0.3 is 0 Å². The third-order valence-corrected chi connectivity index (χ3v) is 4.94. The minimum absolute atomic E-state index is 0.115. The second-order valence-corrected chi connectivity index (χ2v) is 7.08. The largest absolute Gasteiger partial charge is 0.392 e. The molecule has 1 aliphatic rings. The van der Waals surface area contributed by atoms with Crippen molar-refractivity contribution in [2.45, 2.75) is 13.0 Å². The molecule has 160 valence electrons. The first-order valence-electron chi connectivity index (χ1n) is 9.25. The van der Waals surface area contributed by atoms with E-state index in [4.69, 9.17) is 11.6 Å². The van der Waals surface area contributed by atoms with Crippen LogP contribution in [0.3, 0.4) is 0 Å². The van der Waals surface area contributed by atoms with Crippen molar-refractivity contribution in [1.82, 2.24) is 20.2 Å². The maximum Gasteiger partial charge on any atom is 0.267 e. The molecular formula is C20H23F3N6O. The maximum absolute atomic E-state index is 14.5. The van der Waals surface area contributed by atoms with Crippen LogP contribution >= 0.6 is 0 Å². The highest BCUT2D eigenvalue weighted by atomic mass is 19.1. The molecule has 10 heteroatoms. The Kier molecular flexibility index (Phi) is 6.28. The molecule has 30 heavy (non-hydrogen) atoms. The number of carbonyl (C=O) groups excluding carboxylic acids is 1. The quantitative estimate of drug-likeness (QED) is 0.484. The molecule has 0 fully saturated rings. The van der Waals surface area contributed by atoms with Gasteiger partial charge in [0.2, 0.25) is 0 Å². The van der Waals surface area contributed by atoms with Crippen molar-refractivity contribution < 1.29 is 18.0 Å². The van der Waals surface area contributed by atoms with Crippen molar-refractivity contribution >= 4 is 5.91 Å². The molecule has 0 radical (unpaired) electrons. The zero-order valence-corrected chi connectivity index (χ0v) is 16.7. The predicted molar refractivity (Wildman–Crippen MR) is 106 cm³/mol. The van der Waals surface area contributed by atoms with Crippen LogP contribution in [0.5, 0.6) is 0 Å². The van der Waals surface area contributed by atoms with Crippen LogP contribution in [-0.2, 0) is 13.0 Å². The summed E-state index contributed by atoms with van der Waals surface area (Å²) in [4.78, 5) is 18.1. The van der Waals surface area contributed by atoms with Crippen molar-refractivity contribution in [2.24, 2.45) is 11.6 Å². The fraction of sp³-hybridized carbons (Fsp3) is 0.300. The number of hydrazine groups is 1. The number of hydrogen-bond acceptors (Lipinski definition) is 6. The molecule has 2 aromatic rings. The van der Waals surface area contributed by atoms with E-state index >= 15 is 0 Å². The summed E-state index contributed by atoms with van der Waals surface area (Å²) < 4.78 is 42.3. The number of aromatic nitrogens is 1. The molecule has 0 spiro atoms. The van der Waals surface area contributed by atoms with Crippen LogP contribution in [0.15, 0.2) is 30.1 Å². The lowest BCUT2D eigenvalue weighted by molar-refractivity contribution is 0.0995. The number of amides is 1. The fourth-order valence-corrected chi connectivity index (χ4v) is 3.53. The number of likely N-dealkylation sites (N-methyl/N-ethyl adjacent to an activating group) is 1. The molecule has 7 nitrogen and oxygen atoms in total. The number of rotatable bonds is 6. The molecule has 1 aromatic carbocycles. The number of hydrogen-bond donors (Lipinski definition) is 3. The number of halogens is 3. The summed E-state index contributed by atoms with van der Waals surface area (Å²) in [6.45, 7) is 1.38. The summed E-state index contributed by atoms with van der Waals surface area (Å²) in [5.74, 6) is 1.90. The van der Waals surface area contributed by atoms with Gasteiger partial charge < -0.3 is 16.1 Å². The molecule has 1 amide bonds. The maximum atomic E-state index is 14.5. The summed E-state index contributed by atoms with van der Waals surface area (Å²) in [5.41, 5.74) is 6.92. The van der Waals surface area contributed by atoms with Crippen molar-refractivity contribution in [1.29, 1.82) is 0 Å². The van der Waals surface area contributed by atoms with Crippen LogP contribution in [0, 0.1) is 17.5 Å². The van der Waals surface area contributed by atoms with Crippen LogP contribution in [0.2, 0.25) is 0 Å². The Morgan fingerprint density at radius 2 is 1.97 bits per heavy atom. The molecule has 0 aliphatic carbocycles. The lowest BCUT2D eigenvalue weighted by Gasteiger charge is -2.31. The minimum atomic E-state index is -1.05. The fourth-order valence-electron chi connectivity index (χ4n) is 3.53. The Bertz CT molecular complexity index is 985. The topological polar surface area (TPSA) is 101 Å². The van der Waals surface area contributed by atoms with Gasteiger partial charge in [0, 0.05) is 52.1 Å². The van der Waals surface area contributed by atoms with Crippen LogP contribution < -0.4 is 16.9 Å². The lowest BCUT2D eigenvalue weighted by Crippen LogP contribution is -2.39. The van der Waals surface area contributed by atoms with Crippen LogP contribution in [0.4, 0.5) is 13.2 Å². The second kappa shape index (κ2) is 8.72. The van der Waals surface area contributed by atoms with Gasteiger partial charge in [-0.25, -0.2) is 24.0 Å². The molecule has 0 unspecified atom stereocenters. The van der Waals surface area contributed by atoms with Crippen LogP contribution in [-0.4, -0.2) is 48.0 Å². The summed E-state index contributed by atoms with van der Waals surface area (Å²) in [5, 5.41) is 4.41. The SMILES string of the molecule is CN/C=C(/CN1CCc2c(-c3c(F)cc(F)cc3F)cc(C(N)=O)nc2C1)N(C)N. The van der Waals surface area contributed by atoms with E-state index in [0.717, 1.165) is 5.70 Å². The van der Waals surface area contributed by atoms with E-state index in [-0.39, 0.29) is 11.3 Å². The van der Waals surface area contributed by atoms with E-state index < -0.39 is 28.9 Å². The van der Waals surface area contributed by atoms with Crippen molar-refractivity contribution in [3.8, 4) is 11.1 Å². The average molecular weight is 420 g/mol. The predicted octanol–water partition coefficient (Wildman–Crippen LogP) is 1.49. The molecule has 0 saturated heterocycles. The highest BCUT2D eigenvalue weighted by Gasteiger charge is 2.26. The van der Waals surface area contributed by atoms with Crippen molar-refractivity contribution in [2.75, 3.05) is 27.2 Å². The van der Waals surface area contributed by atoms with E-state index in [1.165, 1.54) is 11.1 Å². The standard InChI is InChI=1S/C20H23F3N6O/c1-26-8-12(28(2)25)9-29-4-3-13-14(7-17(20(24)30)27-18(13)10-29)19-15(22)5-11(21)6-16(19)23/h5-8,26H,3-4,9-10,25H2,1-2H3,(H2,24,30)/b12-8-. The van der Waals surface area contributed by atoms with E-state index in [9.17, 15) is 18.0 Å². The molecule has 1 aromatic heterocycles. The molecule has 0 atom stereocenters. The molecule has 5 N–H and O–H groups in total. The smallest absolute Gasteiger partial charge is 0.267 e. The van der Waals surface area contributed by atoms with E-state index in [0.29, 0.717) is 49.4 Å². The Hall–Kier alpha value is -3.11. The summed E-state index contributed by atoms with van der Waals surface area (Å²) in [6, 6.07) is 2.47. The van der Waals surface area contributed by atoms with Gasteiger partial charge in [-0.1, -0.05) is 0 Å². The number of fused-ring (bicyclic) bond motifs is 1. The highest BCUT2D eigenvalue weighted by Crippen LogP contribution is 2.34. The Morgan fingerprint density at radius 3 is 2.53 bits per heavy atom. The zero-order chi connectivity index (χ0) is 22.0. The lowest BCUT2D eigenvalue weighted by atomic mass is 9.92. The Morgan fingerprint density at radius 1 is 1.30 bits per heavy atom. The van der Waals surface area contributed by atoms with Gasteiger partial charge in [-0.05, 0) is 23.6 Å². The first kappa shape index (κ1) is 21.6. The van der Waals surface area contributed by atoms with Crippen molar-refractivity contribution in [3.05, 3.63) is 64.5 Å². The second-order valence-electron chi connectivity index (χ2n) is 7.08.